The smallest absolute Gasteiger partial charge is 0.124 e. The van der Waals surface area contributed by atoms with Gasteiger partial charge in [0.2, 0.25) is 0 Å². The minimum absolute atomic E-state index is 0.0631. The van der Waals surface area contributed by atoms with Crippen molar-refractivity contribution < 1.29 is 4.74 Å². The molecule has 7 atom stereocenters. The van der Waals surface area contributed by atoms with E-state index in [0.717, 1.165) is 57.1 Å². The van der Waals surface area contributed by atoms with Gasteiger partial charge in [-0.1, -0.05) is 103 Å². The van der Waals surface area contributed by atoms with Gasteiger partial charge in [0, 0.05) is 67.9 Å². The van der Waals surface area contributed by atoms with Crippen molar-refractivity contribution in [2.75, 3.05) is 0 Å². The van der Waals surface area contributed by atoms with Crippen LogP contribution in [0.4, 0.5) is 0 Å². The molecule has 2 aliphatic heterocycles. The Morgan fingerprint density at radius 2 is 1.60 bits per heavy atom. The number of hydrogen-bond acceptors (Lipinski definition) is 3. The highest BCUT2D eigenvalue weighted by Crippen LogP contribution is 2.62. The van der Waals surface area contributed by atoms with E-state index in [1.165, 1.54) is 78.0 Å². The van der Waals surface area contributed by atoms with Gasteiger partial charge < -0.3 is 19.2 Å². The largest absolute Gasteiger partial charge is 0.489 e. The van der Waals surface area contributed by atoms with Gasteiger partial charge in [-0.2, -0.15) is 0 Å². The maximum Gasteiger partial charge on any atom is 0.124 e. The molecule has 2 N–H and O–H groups in total. The predicted molar refractivity (Wildman–Crippen MR) is 236 cm³/mol. The van der Waals surface area contributed by atoms with Crippen LogP contribution in [-0.2, 0) is 12.8 Å². The van der Waals surface area contributed by atoms with E-state index in [9.17, 15) is 0 Å². The highest BCUT2D eigenvalue weighted by molar-refractivity contribution is 6.08. The van der Waals surface area contributed by atoms with Gasteiger partial charge in [-0.25, -0.2) is 0 Å². The SMILES string of the molecule is C1=CCCC(C2C=C(C3=CC4C(C(n5c6c(c7c5CCC=C7)CCC=C6)=C3)C4n3c4ccccc4c4ccccc43)NC(c3ccc4c(c3)OC3CCC=CC43)N2)=C1. The van der Waals surface area contributed by atoms with Crippen LogP contribution in [0.25, 0.3) is 39.7 Å². The lowest BCUT2D eigenvalue weighted by Gasteiger charge is -2.35. The quantitative estimate of drug-likeness (QED) is 0.176. The van der Waals surface area contributed by atoms with Crippen LogP contribution in [0.1, 0.15) is 90.3 Å². The molecule has 6 aliphatic carbocycles. The molecular weight excluding hydrogens is 709 g/mol. The van der Waals surface area contributed by atoms with E-state index in [-0.39, 0.29) is 18.3 Å². The monoisotopic (exact) mass is 756 g/mol. The first-order chi connectivity index (χ1) is 28.8. The molecule has 2 aromatic heterocycles. The summed E-state index contributed by atoms with van der Waals surface area (Å²) < 4.78 is 12.0. The van der Waals surface area contributed by atoms with Crippen LogP contribution in [0.3, 0.4) is 0 Å². The Morgan fingerprint density at radius 3 is 2.47 bits per heavy atom. The van der Waals surface area contributed by atoms with Gasteiger partial charge in [0.1, 0.15) is 18.0 Å². The Bertz CT molecular complexity index is 2770. The summed E-state index contributed by atoms with van der Waals surface area (Å²) in [5.74, 6) is 2.16. The van der Waals surface area contributed by atoms with Crippen molar-refractivity contribution in [1.29, 1.82) is 0 Å². The molecule has 0 saturated heterocycles. The van der Waals surface area contributed by atoms with Crippen molar-refractivity contribution in [1.82, 2.24) is 19.8 Å². The van der Waals surface area contributed by atoms with Crippen molar-refractivity contribution in [3.05, 3.63) is 178 Å². The first kappa shape index (κ1) is 33.2. The molecule has 5 nitrogen and oxygen atoms in total. The molecule has 1 saturated carbocycles. The highest BCUT2D eigenvalue weighted by Gasteiger charge is 2.56. The molecule has 5 heteroatoms. The number of allylic oxidation sites excluding steroid dienone is 9. The summed E-state index contributed by atoms with van der Waals surface area (Å²) in [6.07, 6.45) is 37.8. The molecule has 0 radical (unpaired) electrons. The lowest BCUT2D eigenvalue weighted by Crippen LogP contribution is -2.45. The van der Waals surface area contributed by atoms with E-state index >= 15 is 0 Å². The summed E-state index contributed by atoms with van der Waals surface area (Å²) in [7, 11) is 0. The molecular formula is C53H48N4O. The summed E-state index contributed by atoms with van der Waals surface area (Å²) in [5, 5.41) is 10.8. The minimum atomic E-state index is -0.0631. The first-order valence-electron chi connectivity index (χ1n) is 21.9. The van der Waals surface area contributed by atoms with E-state index in [2.05, 4.69) is 159 Å². The van der Waals surface area contributed by atoms with Gasteiger partial charge in [0.25, 0.3) is 0 Å². The van der Waals surface area contributed by atoms with E-state index in [1.807, 2.05) is 0 Å². The van der Waals surface area contributed by atoms with Crippen LogP contribution in [0.5, 0.6) is 5.75 Å². The second-order valence-electron chi connectivity index (χ2n) is 17.6. The molecule has 1 fully saturated rings. The van der Waals surface area contributed by atoms with Gasteiger partial charge >= 0.3 is 0 Å². The fraction of sp³-hybridized carbons (Fsp3) is 0.283. The summed E-state index contributed by atoms with van der Waals surface area (Å²) in [5.41, 5.74) is 16.5. The van der Waals surface area contributed by atoms with E-state index in [1.54, 1.807) is 0 Å². The second-order valence-corrected chi connectivity index (χ2v) is 17.6. The maximum atomic E-state index is 6.62. The number of nitrogens with zero attached hydrogens (tertiary/aromatic N) is 2. The summed E-state index contributed by atoms with van der Waals surface area (Å²) in [6, 6.07) is 25.5. The van der Waals surface area contributed by atoms with Crippen LogP contribution in [0, 0.1) is 11.8 Å². The highest BCUT2D eigenvalue weighted by atomic mass is 16.5. The predicted octanol–water partition coefficient (Wildman–Crippen LogP) is 11.4. The zero-order valence-electron chi connectivity index (χ0n) is 32.8. The van der Waals surface area contributed by atoms with Crippen molar-refractivity contribution in [3.63, 3.8) is 0 Å². The number of rotatable bonds is 5. The second kappa shape index (κ2) is 12.9. The van der Waals surface area contributed by atoms with Crippen molar-refractivity contribution in [3.8, 4) is 5.75 Å². The zero-order valence-corrected chi connectivity index (χ0v) is 32.8. The number of ether oxygens (including phenoxy) is 1. The molecule has 3 aromatic carbocycles. The summed E-state index contributed by atoms with van der Waals surface area (Å²) >= 11 is 0. The lowest BCUT2D eigenvalue weighted by molar-refractivity contribution is 0.204. The normalized spacial score (nSPS) is 28.7. The molecule has 4 heterocycles. The number of para-hydroxylation sites is 2. The number of fused-ring (bicyclic) bond motifs is 10. The molecule has 286 valence electrons. The summed E-state index contributed by atoms with van der Waals surface area (Å²) in [4.78, 5) is 0. The third-order valence-electron chi connectivity index (χ3n) is 14.5. The van der Waals surface area contributed by atoms with Crippen LogP contribution < -0.4 is 15.4 Å². The third-order valence-corrected chi connectivity index (χ3v) is 14.5. The number of aromatic nitrogens is 2. The minimum Gasteiger partial charge on any atom is -0.489 e. The van der Waals surface area contributed by atoms with E-state index in [4.69, 9.17) is 4.74 Å². The van der Waals surface area contributed by atoms with Crippen molar-refractivity contribution >= 4 is 39.7 Å². The standard InChI is InChI=1S/C53H48N4O/c1-2-14-32(15-3-1)42-31-43(55-53(54-42)33-26-27-40-39-20-8-13-25-49(39)58-50(40)30-33)34-28-41-51(52(41)57-46-23-11-6-18-37(46)38-19-7-12-24-47(38)57)48(29-34)56-44-21-9-4-16-35(44)36-17-5-10-22-45(36)56/h1-2,4,6-8,10-12,14,16,18-20,22-24,26-31,39,41-42,49,51-55H,3,5,9,13,15,17,21,25H2. The Labute approximate surface area is 340 Å². The Balaban J connectivity index is 0.967. The molecule has 0 amide bonds. The fourth-order valence-electron chi connectivity index (χ4n) is 11.7. The first-order valence-corrected chi connectivity index (χ1v) is 21.9. The Morgan fingerprint density at radius 1 is 0.776 bits per heavy atom. The Kier molecular flexibility index (Phi) is 7.37. The van der Waals surface area contributed by atoms with Crippen molar-refractivity contribution in [2.24, 2.45) is 11.8 Å². The van der Waals surface area contributed by atoms with E-state index < -0.39 is 0 Å². The summed E-state index contributed by atoms with van der Waals surface area (Å²) in [6.45, 7) is 0. The van der Waals surface area contributed by atoms with Crippen LogP contribution >= 0.6 is 0 Å². The molecule has 8 aliphatic rings. The average Bonchev–Trinajstić information content (AvgIpc) is 3.56. The number of nitrogens with one attached hydrogen (secondary N) is 2. The topological polar surface area (TPSA) is 43.1 Å². The van der Waals surface area contributed by atoms with Crippen LogP contribution in [0.2, 0.25) is 0 Å². The molecule has 0 bridgehead atoms. The molecule has 58 heavy (non-hydrogen) atoms. The molecule has 0 spiro atoms. The Hall–Kier alpha value is -5.78. The van der Waals surface area contributed by atoms with Gasteiger partial charge in [0.15, 0.2) is 0 Å². The molecule has 7 unspecified atom stereocenters. The van der Waals surface area contributed by atoms with Gasteiger partial charge in [-0.15, -0.1) is 0 Å². The lowest BCUT2D eigenvalue weighted by atomic mass is 9.88. The fourth-order valence-corrected chi connectivity index (χ4v) is 11.7. The number of hydrogen-bond donors (Lipinski definition) is 2. The molecule has 5 aromatic rings. The van der Waals surface area contributed by atoms with E-state index in [0.29, 0.717) is 23.8 Å². The molecule has 13 rings (SSSR count). The maximum absolute atomic E-state index is 6.62. The van der Waals surface area contributed by atoms with Gasteiger partial charge in [-0.05, 0) is 116 Å². The van der Waals surface area contributed by atoms with Crippen LogP contribution in [-0.4, -0.2) is 21.3 Å². The van der Waals surface area contributed by atoms with Gasteiger partial charge in [0.05, 0.1) is 12.1 Å². The third kappa shape index (κ3) is 4.99. The zero-order chi connectivity index (χ0) is 37.9. The number of benzene rings is 3. The average molecular weight is 757 g/mol. The van der Waals surface area contributed by atoms with Gasteiger partial charge in [-0.3, -0.25) is 5.32 Å². The van der Waals surface area contributed by atoms with Crippen molar-refractivity contribution in [2.45, 2.75) is 81.6 Å². The van der Waals surface area contributed by atoms with Crippen LogP contribution in [0.15, 0.2) is 144 Å².